The number of ether oxygens (including phenoxy) is 1. The molecule has 1 amide bonds. The van der Waals surface area contributed by atoms with E-state index in [9.17, 15) is 4.79 Å². The molecule has 6 heteroatoms. The van der Waals surface area contributed by atoms with Gasteiger partial charge in [-0.25, -0.2) is 4.98 Å². The standard InChI is InChI=1S/C15H20ClN3O2/c1-11-4-3-5-12-15(11)19(13(10-16)18-12)8-6-14(20)17-7-9-21-2/h3-5H,6-10H2,1-2H3,(H,17,20). The molecule has 1 aromatic heterocycles. The van der Waals surface area contributed by atoms with Gasteiger partial charge in [-0.2, -0.15) is 0 Å². The lowest BCUT2D eigenvalue weighted by Crippen LogP contribution is -2.27. The van der Waals surface area contributed by atoms with Crippen LogP contribution in [0.3, 0.4) is 0 Å². The van der Waals surface area contributed by atoms with Crippen LogP contribution >= 0.6 is 11.6 Å². The summed E-state index contributed by atoms with van der Waals surface area (Å²) in [5, 5.41) is 2.82. The third-order valence-corrected chi connectivity index (χ3v) is 3.60. The molecular formula is C15H20ClN3O2. The van der Waals surface area contributed by atoms with E-state index in [1.165, 1.54) is 0 Å². The van der Waals surface area contributed by atoms with E-state index in [-0.39, 0.29) is 5.91 Å². The van der Waals surface area contributed by atoms with Gasteiger partial charge >= 0.3 is 0 Å². The fraction of sp³-hybridized carbons (Fsp3) is 0.467. The van der Waals surface area contributed by atoms with Crippen molar-refractivity contribution in [1.29, 1.82) is 0 Å². The molecule has 0 saturated heterocycles. The van der Waals surface area contributed by atoms with E-state index in [0.29, 0.717) is 32.0 Å². The van der Waals surface area contributed by atoms with Crippen LogP contribution in [0.15, 0.2) is 18.2 Å². The Bertz CT molecular complexity index is 625. The number of para-hydroxylation sites is 1. The second-order valence-electron chi connectivity index (χ2n) is 4.85. The van der Waals surface area contributed by atoms with Crippen LogP contribution in [0, 0.1) is 6.92 Å². The largest absolute Gasteiger partial charge is 0.383 e. The number of rotatable bonds is 7. The molecular weight excluding hydrogens is 290 g/mol. The average Bonchev–Trinajstić information content (AvgIpc) is 2.84. The number of carbonyl (C=O) groups is 1. The van der Waals surface area contributed by atoms with Gasteiger partial charge < -0.3 is 14.6 Å². The summed E-state index contributed by atoms with van der Waals surface area (Å²) in [5.74, 6) is 1.13. The summed E-state index contributed by atoms with van der Waals surface area (Å²) in [4.78, 5) is 16.3. The Morgan fingerprint density at radius 1 is 1.48 bits per heavy atom. The highest BCUT2D eigenvalue weighted by molar-refractivity contribution is 6.16. The lowest BCUT2D eigenvalue weighted by Gasteiger charge is -2.09. The number of nitrogens with one attached hydrogen (secondary N) is 1. The second-order valence-corrected chi connectivity index (χ2v) is 5.12. The number of alkyl halides is 1. The summed E-state index contributed by atoms with van der Waals surface area (Å²) in [6.45, 7) is 3.66. The lowest BCUT2D eigenvalue weighted by molar-refractivity contribution is -0.121. The van der Waals surface area contributed by atoms with E-state index in [2.05, 4.69) is 10.3 Å². The molecule has 1 N–H and O–H groups in total. The minimum atomic E-state index is 0.00278. The average molecular weight is 310 g/mol. The first-order valence-electron chi connectivity index (χ1n) is 6.93. The van der Waals surface area contributed by atoms with Crippen LogP contribution in [0.1, 0.15) is 17.8 Å². The summed E-state index contributed by atoms with van der Waals surface area (Å²) >= 11 is 5.97. The number of hydrogen-bond donors (Lipinski definition) is 1. The monoisotopic (exact) mass is 309 g/mol. The number of halogens is 1. The van der Waals surface area contributed by atoms with E-state index >= 15 is 0 Å². The molecule has 0 saturated carbocycles. The SMILES string of the molecule is COCCNC(=O)CCn1c(CCl)nc2cccc(C)c21. The molecule has 1 aromatic carbocycles. The number of hydrogen-bond acceptors (Lipinski definition) is 3. The molecule has 5 nitrogen and oxygen atoms in total. The molecule has 2 rings (SSSR count). The number of imidazole rings is 1. The van der Waals surface area contributed by atoms with Gasteiger partial charge in [-0.3, -0.25) is 4.79 Å². The van der Waals surface area contributed by atoms with Gasteiger partial charge in [0.25, 0.3) is 0 Å². The molecule has 0 aliphatic heterocycles. The summed E-state index contributed by atoms with van der Waals surface area (Å²) in [6, 6.07) is 5.98. The van der Waals surface area contributed by atoms with Crippen molar-refractivity contribution < 1.29 is 9.53 Å². The quantitative estimate of drug-likeness (QED) is 0.630. The molecule has 21 heavy (non-hydrogen) atoms. The Balaban J connectivity index is 2.12. The molecule has 0 fully saturated rings. The van der Waals surface area contributed by atoms with E-state index < -0.39 is 0 Å². The molecule has 0 unspecified atom stereocenters. The Morgan fingerprint density at radius 3 is 3.00 bits per heavy atom. The molecule has 0 aliphatic carbocycles. The van der Waals surface area contributed by atoms with E-state index in [0.717, 1.165) is 22.4 Å². The van der Waals surface area contributed by atoms with Crippen molar-refractivity contribution >= 4 is 28.5 Å². The van der Waals surface area contributed by atoms with Crippen molar-refractivity contribution in [3.63, 3.8) is 0 Å². The van der Waals surface area contributed by atoms with Gasteiger partial charge in [0, 0.05) is 26.6 Å². The van der Waals surface area contributed by atoms with E-state index in [1.807, 2.05) is 29.7 Å². The highest BCUT2D eigenvalue weighted by Crippen LogP contribution is 2.21. The molecule has 0 aliphatic rings. The van der Waals surface area contributed by atoms with Crippen molar-refractivity contribution in [2.45, 2.75) is 25.8 Å². The zero-order valence-electron chi connectivity index (χ0n) is 12.4. The summed E-state index contributed by atoms with van der Waals surface area (Å²) in [7, 11) is 1.61. The van der Waals surface area contributed by atoms with E-state index in [1.54, 1.807) is 7.11 Å². The first-order valence-corrected chi connectivity index (χ1v) is 7.47. The molecule has 0 bridgehead atoms. The molecule has 1 heterocycles. The van der Waals surface area contributed by atoms with E-state index in [4.69, 9.17) is 16.3 Å². The zero-order chi connectivity index (χ0) is 15.2. The first-order chi connectivity index (χ1) is 10.2. The van der Waals surface area contributed by atoms with Gasteiger partial charge in [0.05, 0.1) is 23.5 Å². The number of amides is 1. The third kappa shape index (κ3) is 3.74. The molecule has 0 spiro atoms. The highest BCUT2D eigenvalue weighted by Gasteiger charge is 2.12. The maximum Gasteiger partial charge on any atom is 0.221 e. The fourth-order valence-electron chi connectivity index (χ4n) is 2.35. The van der Waals surface area contributed by atoms with Gasteiger partial charge in [-0.05, 0) is 18.6 Å². The predicted molar refractivity (Wildman–Crippen MR) is 83.5 cm³/mol. The minimum Gasteiger partial charge on any atom is -0.383 e. The summed E-state index contributed by atoms with van der Waals surface area (Å²) in [5.41, 5.74) is 3.11. The molecule has 0 atom stereocenters. The maximum absolute atomic E-state index is 11.8. The molecule has 114 valence electrons. The van der Waals surface area contributed by atoms with Gasteiger partial charge in [-0.15, -0.1) is 11.6 Å². The van der Waals surface area contributed by atoms with Crippen molar-refractivity contribution in [2.24, 2.45) is 0 Å². The molecule has 2 aromatic rings. The number of aryl methyl sites for hydroxylation is 2. The first kappa shape index (κ1) is 15.8. The Morgan fingerprint density at radius 2 is 2.29 bits per heavy atom. The Hall–Kier alpha value is -1.59. The van der Waals surface area contributed by atoms with Crippen LogP contribution in [0.25, 0.3) is 11.0 Å². The number of methoxy groups -OCH3 is 1. The smallest absolute Gasteiger partial charge is 0.221 e. The number of benzene rings is 1. The van der Waals surface area contributed by atoms with Crippen molar-refractivity contribution in [3.05, 3.63) is 29.6 Å². The van der Waals surface area contributed by atoms with Gasteiger partial charge in [0.1, 0.15) is 5.82 Å². The summed E-state index contributed by atoms with van der Waals surface area (Å²) in [6.07, 6.45) is 0.396. The topological polar surface area (TPSA) is 56.1 Å². The third-order valence-electron chi connectivity index (χ3n) is 3.36. The van der Waals surface area contributed by atoms with Crippen molar-refractivity contribution in [3.8, 4) is 0 Å². The number of carbonyl (C=O) groups excluding carboxylic acids is 1. The van der Waals surface area contributed by atoms with Crippen LogP contribution in [0.2, 0.25) is 0 Å². The Kier molecular flexibility index (Phi) is 5.59. The fourth-order valence-corrected chi connectivity index (χ4v) is 2.55. The second kappa shape index (κ2) is 7.43. The van der Waals surface area contributed by atoms with Crippen LogP contribution in [-0.2, 0) is 22.0 Å². The lowest BCUT2D eigenvalue weighted by atomic mass is 10.2. The molecule has 0 radical (unpaired) electrons. The van der Waals surface area contributed by atoms with Crippen molar-refractivity contribution in [2.75, 3.05) is 20.3 Å². The maximum atomic E-state index is 11.8. The zero-order valence-corrected chi connectivity index (χ0v) is 13.1. The van der Waals surface area contributed by atoms with Gasteiger partial charge in [-0.1, -0.05) is 12.1 Å². The minimum absolute atomic E-state index is 0.00278. The number of aromatic nitrogens is 2. The van der Waals surface area contributed by atoms with Gasteiger partial charge in [0.15, 0.2) is 0 Å². The Labute approximate surface area is 129 Å². The van der Waals surface area contributed by atoms with Crippen molar-refractivity contribution in [1.82, 2.24) is 14.9 Å². The van der Waals surface area contributed by atoms with Crippen LogP contribution in [-0.4, -0.2) is 35.7 Å². The van der Waals surface area contributed by atoms with Gasteiger partial charge in [0.2, 0.25) is 5.91 Å². The van der Waals surface area contributed by atoms with Crippen LogP contribution in [0.5, 0.6) is 0 Å². The normalized spacial score (nSPS) is 11.0. The summed E-state index contributed by atoms with van der Waals surface area (Å²) < 4.78 is 6.94. The predicted octanol–water partition coefficient (Wildman–Crippen LogP) is 2.24. The highest BCUT2D eigenvalue weighted by atomic mass is 35.5. The van der Waals surface area contributed by atoms with Crippen LogP contribution in [0.4, 0.5) is 0 Å². The van der Waals surface area contributed by atoms with Crippen LogP contribution < -0.4 is 5.32 Å². The number of nitrogens with zero attached hydrogens (tertiary/aromatic N) is 2. The number of fused-ring (bicyclic) bond motifs is 1.